The lowest BCUT2D eigenvalue weighted by Gasteiger charge is -2.30. The van der Waals surface area contributed by atoms with Crippen LogP contribution in [0.5, 0.6) is 0 Å². The molecule has 198 valence electrons. The van der Waals surface area contributed by atoms with E-state index in [1.807, 2.05) is 78.9 Å². The Morgan fingerprint density at radius 1 is 0.923 bits per heavy atom. The standard InChI is InChI=1S/C30H29N5O3S/c1-19(2)21-12-14-22(15-13-21)32-27(37)18-39-30-33-24-11-7-6-10-23(24)28-34-29(38)25(35(28)30)16-26(36)31-17-20-8-4-3-5-9-20/h3-15,19,25H,16-18H2,1-2H3,(H,31,36)(H,32,37). The van der Waals surface area contributed by atoms with Gasteiger partial charge >= 0.3 is 0 Å². The van der Waals surface area contributed by atoms with E-state index in [0.717, 1.165) is 11.1 Å². The molecule has 0 spiro atoms. The molecule has 3 aromatic rings. The number of para-hydroxylation sites is 1. The zero-order valence-electron chi connectivity index (χ0n) is 21.8. The monoisotopic (exact) mass is 539 g/mol. The number of fused-ring (bicyclic) bond motifs is 3. The summed E-state index contributed by atoms with van der Waals surface area (Å²) < 4.78 is 0. The fourth-order valence-corrected chi connectivity index (χ4v) is 5.27. The van der Waals surface area contributed by atoms with E-state index in [-0.39, 0.29) is 24.0 Å². The minimum atomic E-state index is -0.831. The Hall–Kier alpha value is -4.24. The minimum absolute atomic E-state index is 0.0746. The highest BCUT2D eigenvalue weighted by atomic mass is 32.2. The van der Waals surface area contributed by atoms with Crippen LogP contribution in [0.3, 0.4) is 0 Å². The van der Waals surface area contributed by atoms with Crippen LogP contribution >= 0.6 is 11.8 Å². The van der Waals surface area contributed by atoms with E-state index < -0.39 is 11.9 Å². The number of nitrogens with zero attached hydrogens (tertiary/aromatic N) is 3. The lowest BCUT2D eigenvalue weighted by molar-refractivity contribution is -0.126. The van der Waals surface area contributed by atoms with Crippen LogP contribution in [-0.4, -0.2) is 45.4 Å². The van der Waals surface area contributed by atoms with Crippen molar-refractivity contribution in [2.24, 2.45) is 9.98 Å². The van der Waals surface area contributed by atoms with Crippen molar-refractivity contribution in [1.82, 2.24) is 10.2 Å². The molecule has 0 saturated carbocycles. The number of carbonyl (C=O) groups is 3. The third kappa shape index (κ3) is 6.09. The van der Waals surface area contributed by atoms with Crippen LogP contribution in [-0.2, 0) is 20.9 Å². The third-order valence-corrected chi connectivity index (χ3v) is 7.47. The number of amidine groups is 2. The van der Waals surface area contributed by atoms with Crippen LogP contribution in [0.1, 0.15) is 42.9 Å². The van der Waals surface area contributed by atoms with Crippen molar-refractivity contribution in [1.29, 1.82) is 0 Å². The average molecular weight is 540 g/mol. The van der Waals surface area contributed by atoms with Gasteiger partial charge < -0.3 is 10.6 Å². The fraction of sp³-hybridized carbons (Fsp3) is 0.233. The van der Waals surface area contributed by atoms with Gasteiger partial charge in [-0.1, -0.05) is 80.2 Å². The van der Waals surface area contributed by atoms with Crippen molar-refractivity contribution in [3.05, 3.63) is 95.6 Å². The maximum atomic E-state index is 13.0. The number of benzene rings is 3. The molecule has 3 amide bonds. The molecule has 0 aliphatic carbocycles. The smallest absolute Gasteiger partial charge is 0.271 e. The predicted molar refractivity (Wildman–Crippen MR) is 155 cm³/mol. The van der Waals surface area contributed by atoms with E-state index in [4.69, 9.17) is 4.99 Å². The number of thioether (sulfide) groups is 1. The summed E-state index contributed by atoms with van der Waals surface area (Å²) >= 11 is 1.22. The summed E-state index contributed by atoms with van der Waals surface area (Å²) in [7, 11) is 0. The molecule has 2 aliphatic rings. The molecule has 5 rings (SSSR count). The van der Waals surface area contributed by atoms with E-state index in [1.54, 1.807) is 4.90 Å². The van der Waals surface area contributed by atoms with Gasteiger partial charge in [0.2, 0.25) is 11.8 Å². The number of hydrogen-bond acceptors (Lipinski definition) is 6. The highest BCUT2D eigenvalue weighted by Gasteiger charge is 2.42. The van der Waals surface area contributed by atoms with E-state index in [9.17, 15) is 14.4 Å². The molecular weight excluding hydrogens is 510 g/mol. The van der Waals surface area contributed by atoms with Crippen LogP contribution in [0, 0.1) is 0 Å². The van der Waals surface area contributed by atoms with Crippen molar-refractivity contribution in [2.45, 2.75) is 38.8 Å². The summed E-state index contributed by atoms with van der Waals surface area (Å²) in [5, 5.41) is 6.26. The summed E-state index contributed by atoms with van der Waals surface area (Å²) in [6, 6.07) is 23.9. The second-order valence-electron chi connectivity index (χ2n) is 9.65. The van der Waals surface area contributed by atoms with Crippen molar-refractivity contribution in [3.8, 4) is 0 Å². The molecule has 0 bridgehead atoms. The number of rotatable bonds is 8. The predicted octanol–water partition coefficient (Wildman–Crippen LogP) is 4.85. The second-order valence-corrected chi connectivity index (χ2v) is 10.6. The van der Waals surface area contributed by atoms with Crippen molar-refractivity contribution in [3.63, 3.8) is 0 Å². The van der Waals surface area contributed by atoms with Gasteiger partial charge in [-0.15, -0.1) is 0 Å². The lowest BCUT2D eigenvalue weighted by atomic mass is 10.0. The van der Waals surface area contributed by atoms with Gasteiger partial charge in [0, 0.05) is 17.8 Å². The number of aliphatic imine (C=N–C) groups is 2. The van der Waals surface area contributed by atoms with Gasteiger partial charge in [0.05, 0.1) is 17.9 Å². The second kappa shape index (κ2) is 11.7. The van der Waals surface area contributed by atoms with Crippen molar-refractivity contribution < 1.29 is 14.4 Å². The molecule has 1 unspecified atom stereocenters. The van der Waals surface area contributed by atoms with Gasteiger partial charge in [-0.05, 0) is 41.3 Å². The van der Waals surface area contributed by atoms with Gasteiger partial charge in [-0.25, -0.2) is 4.99 Å². The maximum Gasteiger partial charge on any atom is 0.271 e. The van der Waals surface area contributed by atoms with Crippen molar-refractivity contribution >= 4 is 51.9 Å². The summed E-state index contributed by atoms with van der Waals surface area (Å²) in [5.74, 6) is 0.0836. The summed E-state index contributed by atoms with van der Waals surface area (Å²) in [6.07, 6.45) is -0.0746. The summed E-state index contributed by atoms with van der Waals surface area (Å²) in [5.41, 5.74) is 4.27. The molecule has 39 heavy (non-hydrogen) atoms. The molecule has 0 aromatic heterocycles. The molecular formula is C30H29N5O3S. The average Bonchev–Trinajstić information content (AvgIpc) is 3.27. The first-order valence-electron chi connectivity index (χ1n) is 12.8. The van der Waals surface area contributed by atoms with E-state index in [2.05, 4.69) is 29.5 Å². The Balaban J connectivity index is 1.29. The maximum absolute atomic E-state index is 13.0. The van der Waals surface area contributed by atoms with Crippen LogP contribution in [0.25, 0.3) is 0 Å². The Kier molecular flexibility index (Phi) is 7.88. The van der Waals surface area contributed by atoms with Gasteiger partial charge in [-0.3, -0.25) is 19.3 Å². The highest BCUT2D eigenvalue weighted by molar-refractivity contribution is 8.14. The van der Waals surface area contributed by atoms with Crippen LogP contribution in [0.15, 0.2) is 88.8 Å². The molecule has 3 aromatic carbocycles. The van der Waals surface area contributed by atoms with Gasteiger partial charge in [-0.2, -0.15) is 4.99 Å². The number of nitrogens with one attached hydrogen (secondary N) is 2. The number of amides is 3. The van der Waals surface area contributed by atoms with Gasteiger partial charge in [0.1, 0.15) is 11.9 Å². The molecule has 9 heteroatoms. The first-order valence-corrected chi connectivity index (χ1v) is 13.8. The molecule has 1 atom stereocenters. The van der Waals surface area contributed by atoms with Gasteiger partial charge in [0.25, 0.3) is 5.91 Å². The first kappa shape index (κ1) is 26.4. The van der Waals surface area contributed by atoms with Crippen LogP contribution in [0.4, 0.5) is 11.4 Å². The first-order chi connectivity index (χ1) is 18.9. The molecule has 8 nitrogen and oxygen atoms in total. The fourth-order valence-electron chi connectivity index (χ4n) is 4.43. The van der Waals surface area contributed by atoms with Crippen LogP contribution in [0.2, 0.25) is 0 Å². The molecule has 0 radical (unpaired) electrons. The SMILES string of the molecule is CC(C)c1ccc(NC(=O)CSC2=Nc3ccccc3C3=NC(=O)C(CC(=O)NCc4ccccc4)N23)cc1. The van der Waals surface area contributed by atoms with Crippen LogP contribution < -0.4 is 10.6 Å². The number of carbonyl (C=O) groups excluding carboxylic acids is 3. The van der Waals surface area contributed by atoms with Crippen molar-refractivity contribution in [2.75, 3.05) is 11.1 Å². The Labute approximate surface area is 231 Å². The Bertz CT molecular complexity index is 1450. The zero-order chi connectivity index (χ0) is 27.4. The number of anilines is 1. The summed E-state index contributed by atoms with van der Waals surface area (Å²) in [6.45, 7) is 4.60. The zero-order valence-corrected chi connectivity index (χ0v) is 22.6. The third-order valence-electron chi connectivity index (χ3n) is 6.51. The lowest BCUT2D eigenvalue weighted by Crippen LogP contribution is -2.46. The van der Waals surface area contributed by atoms with E-state index in [0.29, 0.717) is 34.8 Å². The largest absolute Gasteiger partial charge is 0.352 e. The Morgan fingerprint density at radius 2 is 1.64 bits per heavy atom. The van der Waals surface area contributed by atoms with Gasteiger partial charge in [0.15, 0.2) is 5.17 Å². The molecule has 0 fully saturated rings. The molecule has 0 saturated heterocycles. The highest BCUT2D eigenvalue weighted by Crippen LogP contribution is 2.35. The number of hydrogen-bond donors (Lipinski definition) is 2. The quantitative estimate of drug-likeness (QED) is 0.426. The van der Waals surface area contributed by atoms with E-state index in [1.165, 1.54) is 17.3 Å². The Morgan fingerprint density at radius 3 is 2.38 bits per heavy atom. The van der Waals surface area contributed by atoms with E-state index >= 15 is 0 Å². The normalized spacial score (nSPS) is 15.8. The topological polar surface area (TPSA) is 103 Å². The minimum Gasteiger partial charge on any atom is -0.352 e. The molecule has 2 aliphatic heterocycles. The molecule has 2 heterocycles. The summed E-state index contributed by atoms with van der Waals surface area (Å²) in [4.78, 5) is 49.4. The molecule has 2 N–H and O–H groups in total.